The highest BCUT2D eigenvalue weighted by Crippen LogP contribution is 2.21. The van der Waals surface area contributed by atoms with E-state index in [0.717, 1.165) is 16.5 Å². The third kappa shape index (κ3) is 4.58. The number of carbonyl (C=O) groups excluding carboxylic acids is 2. The number of rotatable bonds is 5. The van der Waals surface area contributed by atoms with Gasteiger partial charge in [0.2, 0.25) is 5.91 Å². The van der Waals surface area contributed by atoms with Gasteiger partial charge in [-0.1, -0.05) is 41.9 Å². The average Bonchev–Trinajstić information content (AvgIpc) is 2.61. The third-order valence-corrected chi connectivity index (χ3v) is 4.09. The molecular weight excluding hydrogens is 352 g/mol. The van der Waals surface area contributed by atoms with Gasteiger partial charge < -0.3 is 10.1 Å². The lowest BCUT2D eigenvalue weighted by atomic mass is 10.1. The maximum Gasteiger partial charge on any atom is 0.310 e. The fourth-order valence-corrected chi connectivity index (χ4v) is 2.72. The Bertz CT molecular complexity index is 955. The summed E-state index contributed by atoms with van der Waals surface area (Å²) in [5, 5.41) is 3.95. The lowest BCUT2D eigenvalue weighted by Crippen LogP contribution is -2.09. The molecule has 0 unspecified atom stereocenters. The number of para-hydroxylation sites is 1. The minimum Gasteiger partial charge on any atom is -0.460 e. The first kappa shape index (κ1) is 17.9. The van der Waals surface area contributed by atoms with E-state index in [0.29, 0.717) is 16.4 Å². The van der Waals surface area contributed by atoms with Crippen LogP contribution in [0.4, 0.5) is 5.69 Å². The first-order chi connectivity index (χ1) is 12.5. The highest BCUT2D eigenvalue weighted by molar-refractivity contribution is 6.30. The van der Waals surface area contributed by atoms with Gasteiger partial charge in [-0.25, -0.2) is 4.98 Å². The van der Waals surface area contributed by atoms with Crippen LogP contribution in [-0.2, 0) is 27.4 Å². The maximum absolute atomic E-state index is 12.1. The lowest BCUT2D eigenvalue weighted by Gasteiger charge is -2.08. The summed E-state index contributed by atoms with van der Waals surface area (Å²) in [5.74, 6) is -0.500. The Morgan fingerprint density at radius 2 is 1.85 bits per heavy atom. The number of fused-ring (bicyclic) bond motifs is 1. The number of aromatic nitrogens is 1. The van der Waals surface area contributed by atoms with Crippen molar-refractivity contribution in [3.05, 3.63) is 70.9 Å². The highest BCUT2D eigenvalue weighted by Gasteiger charge is 2.09. The number of nitrogens with zero attached hydrogens (tertiary/aromatic N) is 1. The number of carbonyl (C=O) groups is 2. The molecule has 6 heteroatoms. The molecule has 0 aliphatic heterocycles. The fraction of sp³-hybridized carbons (Fsp3) is 0.150. The highest BCUT2D eigenvalue weighted by atomic mass is 35.5. The molecule has 0 bridgehead atoms. The molecule has 0 saturated heterocycles. The van der Waals surface area contributed by atoms with E-state index < -0.39 is 0 Å². The molecule has 26 heavy (non-hydrogen) atoms. The van der Waals surface area contributed by atoms with E-state index in [1.165, 1.54) is 6.92 Å². The SMILES string of the molecule is CC(=O)Nc1ccc(CC(=O)OCc2cc3ccccc3nc2Cl)cc1. The van der Waals surface area contributed by atoms with E-state index in [2.05, 4.69) is 10.3 Å². The zero-order chi connectivity index (χ0) is 18.5. The predicted molar refractivity (Wildman–Crippen MR) is 101 cm³/mol. The molecule has 1 heterocycles. The minimum atomic E-state index is -0.360. The molecule has 0 aliphatic rings. The van der Waals surface area contributed by atoms with Crippen molar-refractivity contribution in [3.63, 3.8) is 0 Å². The van der Waals surface area contributed by atoms with Crippen LogP contribution in [0.3, 0.4) is 0 Å². The molecule has 0 spiro atoms. The summed E-state index contributed by atoms with van der Waals surface area (Å²) in [6.45, 7) is 1.51. The molecule has 1 amide bonds. The van der Waals surface area contributed by atoms with Gasteiger partial charge >= 0.3 is 5.97 Å². The number of benzene rings is 2. The number of amides is 1. The van der Waals surface area contributed by atoms with Gasteiger partial charge in [0.1, 0.15) is 11.8 Å². The molecule has 132 valence electrons. The van der Waals surface area contributed by atoms with Gasteiger partial charge in [-0.05, 0) is 29.8 Å². The van der Waals surface area contributed by atoms with E-state index in [1.807, 2.05) is 30.3 Å². The van der Waals surface area contributed by atoms with Gasteiger partial charge in [-0.2, -0.15) is 0 Å². The van der Waals surface area contributed by atoms with Crippen LogP contribution in [0.1, 0.15) is 18.1 Å². The fourth-order valence-electron chi connectivity index (χ4n) is 2.52. The van der Waals surface area contributed by atoms with Gasteiger partial charge in [0.15, 0.2) is 0 Å². The van der Waals surface area contributed by atoms with Crippen LogP contribution >= 0.6 is 11.6 Å². The molecule has 3 rings (SSSR count). The number of ether oxygens (including phenoxy) is 1. The van der Waals surface area contributed by atoms with Crippen molar-refractivity contribution in [2.45, 2.75) is 20.0 Å². The molecule has 5 nitrogen and oxygen atoms in total. The topological polar surface area (TPSA) is 68.3 Å². The van der Waals surface area contributed by atoms with Gasteiger partial charge in [0.05, 0.1) is 11.9 Å². The second-order valence-electron chi connectivity index (χ2n) is 5.85. The van der Waals surface area contributed by atoms with Crippen LogP contribution in [0.2, 0.25) is 5.15 Å². The van der Waals surface area contributed by atoms with Crippen molar-refractivity contribution in [2.75, 3.05) is 5.32 Å². The second-order valence-corrected chi connectivity index (χ2v) is 6.20. The average molecular weight is 369 g/mol. The van der Waals surface area contributed by atoms with E-state index >= 15 is 0 Å². The van der Waals surface area contributed by atoms with Crippen LogP contribution in [0.5, 0.6) is 0 Å². The number of pyridine rings is 1. The summed E-state index contributed by atoms with van der Waals surface area (Å²) in [7, 11) is 0. The lowest BCUT2D eigenvalue weighted by molar-refractivity contribution is -0.144. The number of esters is 1. The molecule has 3 aromatic rings. The Hall–Kier alpha value is -2.92. The Morgan fingerprint density at radius 3 is 2.58 bits per heavy atom. The smallest absolute Gasteiger partial charge is 0.310 e. The third-order valence-electron chi connectivity index (χ3n) is 3.76. The van der Waals surface area contributed by atoms with Crippen LogP contribution in [0, 0.1) is 0 Å². The zero-order valence-corrected chi connectivity index (χ0v) is 14.9. The number of nitrogens with one attached hydrogen (secondary N) is 1. The van der Waals surface area contributed by atoms with Crippen LogP contribution in [0.15, 0.2) is 54.6 Å². The molecule has 0 atom stereocenters. The standard InChI is InChI=1S/C20H17ClN2O3/c1-13(24)22-17-8-6-14(7-9-17)10-19(25)26-12-16-11-15-4-2-3-5-18(15)23-20(16)21/h2-9,11H,10,12H2,1H3,(H,22,24). The van der Waals surface area contributed by atoms with Crippen molar-refractivity contribution in [2.24, 2.45) is 0 Å². The minimum absolute atomic E-state index is 0.0689. The van der Waals surface area contributed by atoms with Gasteiger partial charge in [-0.15, -0.1) is 0 Å². The molecule has 0 radical (unpaired) electrons. The first-order valence-corrected chi connectivity index (χ1v) is 8.45. The second kappa shape index (κ2) is 7.97. The molecule has 1 N–H and O–H groups in total. The van der Waals surface area contributed by atoms with E-state index in [1.54, 1.807) is 24.3 Å². The normalized spacial score (nSPS) is 10.5. The van der Waals surface area contributed by atoms with Gasteiger partial charge in [0, 0.05) is 23.6 Å². The molecule has 2 aromatic carbocycles. The van der Waals surface area contributed by atoms with Crippen LogP contribution < -0.4 is 5.32 Å². The van der Waals surface area contributed by atoms with Gasteiger partial charge in [-0.3, -0.25) is 9.59 Å². The molecular formula is C20H17ClN2O3. The Balaban J connectivity index is 1.60. The molecule has 0 saturated carbocycles. The van der Waals surface area contributed by atoms with Gasteiger partial charge in [0.25, 0.3) is 0 Å². The van der Waals surface area contributed by atoms with E-state index in [4.69, 9.17) is 16.3 Å². The van der Waals surface area contributed by atoms with Crippen molar-refractivity contribution in [1.82, 2.24) is 4.98 Å². The maximum atomic E-state index is 12.1. The summed E-state index contributed by atoms with van der Waals surface area (Å²) in [6, 6.07) is 16.5. The predicted octanol–water partition coefficient (Wildman–Crippen LogP) is 4.13. The van der Waals surface area contributed by atoms with E-state index in [-0.39, 0.29) is 24.9 Å². The molecule has 0 fully saturated rings. The van der Waals surface area contributed by atoms with Crippen molar-refractivity contribution < 1.29 is 14.3 Å². The Morgan fingerprint density at radius 1 is 1.12 bits per heavy atom. The van der Waals surface area contributed by atoms with Crippen LogP contribution in [-0.4, -0.2) is 16.9 Å². The van der Waals surface area contributed by atoms with Crippen molar-refractivity contribution >= 4 is 40.1 Å². The van der Waals surface area contributed by atoms with Crippen molar-refractivity contribution in [3.8, 4) is 0 Å². The number of halogens is 1. The molecule has 0 aliphatic carbocycles. The van der Waals surface area contributed by atoms with Crippen LogP contribution in [0.25, 0.3) is 10.9 Å². The quantitative estimate of drug-likeness (QED) is 0.543. The summed E-state index contributed by atoms with van der Waals surface area (Å²) < 4.78 is 5.32. The zero-order valence-electron chi connectivity index (χ0n) is 14.2. The monoisotopic (exact) mass is 368 g/mol. The summed E-state index contributed by atoms with van der Waals surface area (Å²) in [4.78, 5) is 27.4. The number of anilines is 1. The number of hydrogen-bond donors (Lipinski definition) is 1. The summed E-state index contributed by atoms with van der Waals surface area (Å²) >= 11 is 6.17. The largest absolute Gasteiger partial charge is 0.460 e. The first-order valence-electron chi connectivity index (χ1n) is 8.07. The molecule has 1 aromatic heterocycles. The summed E-state index contributed by atoms with van der Waals surface area (Å²) in [6.07, 6.45) is 0.138. The van der Waals surface area contributed by atoms with E-state index in [9.17, 15) is 9.59 Å². The Labute approximate surface area is 156 Å². The summed E-state index contributed by atoms with van der Waals surface area (Å²) in [5.41, 5.74) is 2.95. The van der Waals surface area contributed by atoms with Crippen molar-refractivity contribution in [1.29, 1.82) is 0 Å². The number of hydrogen-bond acceptors (Lipinski definition) is 4. The Kier molecular flexibility index (Phi) is 5.49.